The van der Waals surface area contributed by atoms with Crippen LogP contribution >= 0.6 is 0 Å². The molecule has 1 fully saturated rings. The minimum atomic E-state index is -4.87. The van der Waals surface area contributed by atoms with E-state index in [1.54, 1.807) is 30.0 Å². The highest BCUT2D eigenvalue weighted by molar-refractivity contribution is 5.94. The third-order valence-corrected chi connectivity index (χ3v) is 5.86. The maximum Gasteiger partial charge on any atom is 0.424 e. The summed E-state index contributed by atoms with van der Waals surface area (Å²) >= 11 is 0. The van der Waals surface area contributed by atoms with E-state index in [0.717, 1.165) is 18.4 Å². The van der Waals surface area contributed by atoms with Crippen LogP contribution in [0.2, 0.25) is 0 Å². The largest absolute Gasteiger partial charge is 0.424 e. The van der Waals surface area contributed by atoms with Gasteiger partial charge in [-0.2, -0.15) is 18.4 Å². The summed E-state index contributed by atoms with van der Waals surface area (Å²) < 4.78 is 41.3. The first-order valence-electron chi connectivity index (χ1n) is 9.73. The molecule has 9 heteroatoms. The zero-order valence-electron chi connectivity index (χ0n) is 16.6. The number of rotatable bonds is 3. The number of hydrogen-bond acceptors (Lipinski definition) is 4. The van der Waals surface area contributed by atoms with E-state index in [4.69, 9.17) is 0 Å². The third kappa shape index (κ3) is 3.25. The molecule has 1 N–H and O–H groups in total. The molecule has 30 heavy (non-hydrogen) atoms. The molecule has 158 valence electrons. The minimum absolute atomic E-state index is 0.0862. The highest BCUT2D eigenvalue weighted by Gasteiger charge is 2.55. The van der Waals surface area contributed by atoms with E-state index in [1.165, 1.54) is 10.8 Å². The number of hydrogen-bond donors (Lipinski definition) is 1. The average Bonchev–Trinajstić information content (AvgIpc) is 3.44. The number of imidazole rings is 1. The molecule has 0 radical (unpaired) electrons. The molecule has 2 heterocycles. The quantitative estimate of drug-likeness (QED) is 0.826. The average molecular weight is 418 g/mol. The fraction of sp³-hybridized carbons (Fsp3) is 0.476. The van der Waals surface area contributed by atoms with Crippen molar-refractivity contribution < 1.29 is 23.1 Å². The fourth-order valence-corrected chi connectivity index (χ4v) is 4.02. The van der Waals surface area contributed by atoms with Gasteiger partial charge in [0.2, 0.25) is 5.60 Å². The summed E-state index contributed by atoms with van der Waals surface area (Å²) in [4.78, 5) is 18.5. The van der Waals surface area contributed by atoms with Gasteiger partial charge in [-0.1, -0.05) is 0 Å². The predicted octanol–water partition coefficient (Wildman–Crippen LogP) is 3.62. The van der Waals surface area contributed by atoms with Crippen LogP contribution in [0.3, 0.4) is 0 Å². The van der Waals surface area contributed by atoms with Crippen molar-refractivity contribution in [2.24, 2.45) is 0 Å². The first-order valence-corrected chi connectivity index (χ1v) is 9.73. The summed E-state index contributed by atoms with van der Waals surface area (Å²) in [7, 11) is 0. The van der Waals surface area contributed by atoms with Gasteiger partial charge < -0.3 is 14.6 Å². The molecule has 1 amide bonds. The Morgan fingerprint density at radius 2 is 2.03 bits per heavy atom. The Bertz CT molecular complexity index is 1050. The summed E-state index contributed by atoms with van der Waals surface area (Å²) in [5.74, 6) is -0.412. The van der Waals surface area contributed by atoms with E-state index in [1.807, 2.05) is 0 Å². The maximum absolute atomic E-state index is 13.3. The van der Waals surface area contributed by atoms with Crippen molar-refractivity contribution >= 4 is 5.91 Å². The van der Waals surface area contributed by atoms with E-state index in [9.17, 15) is 28.3 Å². The lowest BCUT2D eigenvalue weighted by Gasteiger charge is -2.36. The Kier molecular flexibility index (Phi) is 4.66. The summed E-state index contributed by atoms with van der Waals surface area (Å²) in [5, 5.41) is 19.3. The van der Waals surface area contributed by atoms with E-state index in [0.29, 0.717) is 29.7 Å². The standard InChI is InChI=1S/C21H21F3N4O2/c1-12-10-27(11-16-9-26-19(28(12)16)20(2,30)21(22,23)24)18(29)14-5-6-15(8-25)17(7-14)13-3-4-13/h5-7,9,12-13,30H,3-4,10-11H2,1-2H3/t12-,20?/m0/s1. The number of aromatic nitrogens is 2. The van der Waals surface area contributed by atoms with Gasteiger partial charge in [0, 0.05) is 12.1 Å². The molecule has 1 aliphatic carbocycles. The highest BCUT2D eigenvalue weighted by Crippen LogP contribution is 2.42. The minimum Gasteiger partial charge on any atom is -0.374 e. The van der Waals surface area contributed by atoms with Crippen molar-refractivity contribution in [3.63, 3.8) is 0 Å². The molecule has 2 atom stereocenters. The smallest absolute Gasteiger partial charge is 0.374 e. The number of alkyl halides is 3. The number of benzene rings is 1. The molecule has 4 rings (SSSR count). The van der Waals surface area contributed by atoms with Gasteiger partial charge in [0.15, 0.2) is 5.82 Å². The first kappa shape index (κ1) is 20.4. The van der Waals surface area contributed by atoms with E-state index < -0.39 is 23.6 Å². The van der Waals surface area contributed by atoms with Crippen LogP contribution in [0.1, 0.15) is 71.7 Å². The molecule has 1 saturated carbocycles. The number of halogens is 3. The summed E-state index contributed by atoms with van der Waals surface area (Å²) in [6.07, 6.45) is -1.61. The molecule has 1 unspecified atom stereocenters. The molecule has 6 nitrogen and oxygen atoms in total. The Morgan fingerprint density at radius 3 is 2.63 bits per heavy atom. The molecule has 1 aromatic carbocycles. The molecule has 0 saturated heterocycles. The number of fused-ring (bicyclic) bond motifs is 1. The Balaban J connectivity index is 1.63. The third-order valence-electron chi connectivity index (χ3n) is 5.86. The first-order chi connectivity index (χ1) is 14.0. The van der Waals surface area contributed by atoms with Crippen LogP contribution in [0.25, 0.3) is 0 Å². The molecule has 0 spiro atoms. The van der Waals surface area contributed by atoms with Gasteiger partial charge in [-0.15, -0.1) is 0 Å². The van der Waals surface area contributed by atoms with Crippen LogP contribution in [0, 0.1) is 11.3 Å². The Labute approximate surface area is 171 Å². The number of amides is 1. The van der Waals surface area contributed by atoms with Gasteiger partial charge in [0.05, 0.1) is 36.1 Å². The molecule has 1 aromatic heterocycles. The second kappa shape index (κ2) is 6.84. The van der Waals surface area contributed by atoms with Crippen molar-refractivity contribution in [3.05, 3.63) is 52.6 Å². The van der Waals surface area contributed by atoms with E-state index >= 15 is 0 Å². The van der Waals surface area contributed by atoms with Crippen LogP contribution in [0.15, 0.2) is 24.4 Å². The Hall–Kier alpha value is -2.86. The van der Waals surface area contributed by atoms with Crippen LogP contribution in [-0.2, 0) is 12.1 Å². The molecule has 2 aliphatic rings. The zero-order valence-corrected chi connectivity index (χ0v) is 16.6. The van der Waals surface area contributed by atoms with Gasteiger partial charge in [0.1, 0.15) is 0 Å². The lowest BCUT2D eigenvalue weighted by molar-refractivity contribution is -0.263. The highest BCUT2D eigenvalue weighted by atomic mass is 19.4. The zero-order chi connectivity index (χ0) is 21.8. The van der Waals surface area contributed by atoms with E-state index in [-0.39, 0.29) is 19.0 Å². The van der Waals surface area contributed by atoms with Crippen LogP contribution in [0.5, 0.6) is 0 Å². The van der Waals surface area contributed by atoms with Gasteiger partial charge in [-0.05, 0) is 56.4 Å². The molecule has 1 aliphatic heterocycles. The Morgan fingerprint density at radius 1 is 1.33 bits per heavy atom. The molecular formula is C21H21F3N4O2. The number of carbonyl (C=O) groups is 1. The molecular weight excluding hydrogens is 397 g/mol. The summed E-state index contributed by atoms with van der Waals surface area (Å²) in [5.41, 5.74) is -0.755. The second-order valence-electron chi connectivity index (χ2n) is 8.24. The number of carbonyl (C=O) groups excluding carboxylic acids is 1. The predicted molar refractivity (Wildman–Crippen MR) is 100 cm³/mol. The van der Waals surface area contributed by atoms with Gasteiger partial charge in [0.25, 0.3) is 5.91 Å². The molecule has 2 aromatic rings. The number of nitrogens with zero attached hydrogens (tertiary/aromatic N) is 4. The van der Waals surface area contributed by atoms with Crippen molar-refractivity contribution in [1.82, 2.24) is 14.5 Å². The van der Waals surface area contributed by atoms with Crippen LogP contribution < -0.4 is 0 Å². The fourth-order valence-electron chi connectivity index (χ4n) is 4.02. The van der Waals surface area contributed by atoms with Crippen molar-refractivity contribution in [3.8, 4) is 6.07 Å². The number of aliphatic hydroxyl groups is 1. The lowest BCUT2D eigenvalue weighted by atomic mass is 10.00. The monoisotopic (exact) mass is 418 g/mol. The van der Waals surface area contributed by atoms with Crippen molar-refractivity contribution in [1.29, 1.82) is 5.26 Å². The maximum atomic E-state index is 13.3. The van der Waals surface area contributed by atoms with Crippen molar-refractivity contribution in [2.75, 3.05) is 6.54 Å². The van der Waals surface area contributed by atoms with E-state index in [2.05, 4.69) is 11.1 Å². The van der Waals surface area contributed by atoms with Crippen LogP contribution in [-0.4, -0.2) is 38.2 Å². The van der Waals surface area contributed by atoms with Crippen LogP contribution in [0.4, 0.5) is 13.2 Å². The second-order valence-corrected chi connectivity index (χ2v) is 8.24. The lowest BCUT2D eigenvalue weighted by Crippen LogP contribution is -2.45. The summed E-state index contributed by atoms with van der Waals surface area (Å²) in [6.45, 7) is 2.64. The van der Waals surface area contributed by atoms with Crippen molar-refractivity contribution in [2.45, 2.75) is 57.0 Å². The normalized spacial score (nSPS) is 21.0. The topological polar surface area (TPSA) is 82.2 Å². The summed E-state index contributed by atoms with van der Waals surface area (Å²) in [6, 6.07) is 6.69. The molecule has 0 bridgehead atoms. The van der Waals surface area contributed by atoms with Gasteiger partial charge >= 0.3 is 6.18 Å². The number of nitriles is 1. The SMILES string of the molecule is C[C@H]1CN(C(=O)c2ccc(C#N)c(C3CC3)c2)Cc2cnc(C(C)(O)C(F)(F)F)n21. The van der Waals surface area contributed by atoms with Gasteiger partial charge in [-0.25, -0.2) is 4.98 Å². The van der Waals surface area contributed by atoms with Gasteiger partial charge in [-0.3, -0.25) is 4.79 Å².